The van der Waals surface area contributed by atoms with Crippen LogP contribution in [0.2, 0.25) is 0 Å². The van der Waals surface area contributed by atoms with Crippen LogP contribution < -0.4 is 5.69 Å². The maximum absolute atomic E-state index is 11.2. The molecule has 0 radical (unpaired) electrons. The number of carbonyl (C=O) groups is 1. The van der Waals surface area contributed by atoms with Gasteiger partial charge in [-0.3, -0.25) is 9.36 Å². The van der Waals surface area contributed by atoms with Gasteiger partial charge < -0.3 is 0 Å². The van der Waals surface area contributed by atoms with Crippen molar-refractivity contribution in [1.82, 2.24) is 9.55 Å². The Morgan fingerprint density at radius 1 is 1.62 bits per heavy atom. The lowest BCUT2D eigenvalue weighted by molar-refractivity contribution is -0.119. The molecule has 4 nitrogen and oxygen atoms in total. The molecule has 0 bridgehead atoms. The second-order valence-electron chi connectivity index (χ2n) is 2.82. The van der Waals surface area contributed by atoms with Gasteiger partial charge in [-0.05, 0) is 12.5 Å². The first-order valence-corrected chi connectivity index (χ1v) is 4.27. The highest BCUT2D eigenvalue weighted by atomic mass is 16.1. The average molecular weight is 180 g/mol. The zero-order chi connectivity index (χ0) is 9.68. The fourth-order valence-corrected chi connectivity index (χ4v) is 1.06. The van der Waals surface area contributed by atoms with Crippen molar-refractivity contribution < 1.29 is 4.79 Å². The minimum Gasteiger partial charge on any atom is -0.298 e. The number of hydrogen-bond acceptors (Lipinski definition) is 3. The lowest BCUT2D eigenvalue weighted by Gasteiger charge is -2.01. The topological polar surface area (TPSA) is 52.0 Å². The van der Waals surface area contributed by atoms with Crippen molar-refractivity contribution in [2.24, 2.45) is 0 Å². The Morgan fingerprint density at radius 3 is 3.00 bits per heavy atom. The molecule has 0 N–H and O–H groups in total. The average Bonchev–Trinajstić information content (AvgIpc) is 2.09. The summed E-state index contributed by atoms with van der Waals surface area (Å²) in [4.78, 5) is 25.8. The van der Waals surface area contributed by atoms with Gasteiger partial charge >= 0.3 is 5.69 Å². The first-order valence-electron chi connectivity index (χ1n) is 4.27. The molecule has 13 heavy (non-hydrogen) atoms. The number of carbonyl (C=O) groups excluding carboxylic acids is 1. The predicted octanol–water partition coefficient (Wildman–Crippen LogP) is 0.612. The third-order valence-corrected chi connectivity index (χ3v) is 1.66. The van der Waals surface area contributed by atoms with Crippen LogP contribution in [0.5, 0.6) is 0 Å². The fourth-order valence-electron chi connectivity index (χ4n) is 1.06. The van der Waals surface area contributed by atoms with Crippen LogP contribution in [-0.4, -0.2) is 15.3 Å². The van der Waals surface area contributed by atoms with Crippen LogP contribution in [-0.2, 0) is 11.3 Å². The largest absolute Gasteiger partial charge is 0.347 e. The van der Waals surface area contributed by atoms with Crippen molar-refractivity contribution in [3.05, 3.63) is 28.9 Å². The molecule has 0 saturated heterocycles. The van der Waals surface area contributed by atoms with Crippen molar-refractivity contribution in [3.63, 3.8) is 0 Å². The van der Waals surface area contributed by atoms with Crippen molar-refractivity contribution in [1.29, 1.82) is 0 Å². The molecule has 1 heterocycles. The predicted molar refractivity (Wildman–Crippen MR) is 48.4 cm³/mol. The highest BCUT2D eigenvalue weighted by molar-refractivity contribution is 5.78. The lowest BCUT2D eigenvalue weighted by Crippen LogP contribution is -2.25. The number of Topliss-reactive ketones (excluding diaryl/α,β-unsaturated/α-hetero) is 1. The van der Waals surface area contributed by atoms with Gasteiger partial charge in [0, 0.05) is 18.8 Å². The van der Waals surface area contributed by atoms with E-state index in [1.807, 2.05) is 6.92 Å². The lowest BCUT2D eigenvalue weighted by atomic mass is 10.2. The summed E-state index contributed by atoms with van der Waals surface area (Å²) in [5, 5.41) is 0. The maximum Gasteiger partial charge on any atom is 0.347 e. The molecule has 1 rings (SSSR count). The van der Waals surface area contributed by atoms with Gasteiger partial charge in [0.2, 0.25) is 0 Å². The summed E-state index contributed by atoms with van der Waals surface area (Å²) < 4.78 is 1.32. The third-order valence-electron chi connectivity index (χ3n) is 1.66. The summed E-state index contributed by atoms with van der Waals surface area (Å²) in [5.41, 5.74) is -0.369. The normalized spacial score (nSPS) is 9.92. The highest BCUT2D eigenvalue weighted by Crippen LogP contribution is 1.91. The van der Waals surface area contributed by atoms with E-state index < -0.39 is 0 Å². The number of rotatable bonds is 4. The zero-order valence-corrected chi connectivity index (χ0v) is 7.56. The fraction of sp³-hybridized carbons (Fsp3) is 0.444. The smallest absolute Gasteiger partial charge is 0.298 e. The molecule has 0 aliphatic rings. The summed E-state index contributed by atoms with van der Waals surface area (Å²) in [6.07, 6.45) is 4.32. The summed E-state index contributed by atoms with van der Waals surface area (Å²) in [5.74, 6) is 0.0672. The molecule has 0 saturated carbocycles. The molecule has 0 aliphatic heterocycles. The molecule has 1 aromatic heterocycles. The van der Waals surface area contributed by atoms with Crippen LogP contribution in [0, 0.1) is 0 Å². The highest BCUT2D eigenvalue weighted by Gasteiger charge is 2.02. The Morgan fingerprint density at radius 2 is 2.38 bits per heavy atom. The van der Waals surface area contributed by atoms with E-state index >= 15 is 0 Å². The van der Waals surface area contributed by atoms with Crippen LogP contribution in [0.4, 0.5) is 0 Å². The molecule has 4 heteroatoms. The van der Waals surface area contributed by atoms with E-state index in [0.29, 0.717) is 6.42 Å². The summed E-state index contributed by atoms with van der Waals surface area (Å²) >= 11 is 0. The van der Waals surface area contributed by atoms with Gasteiger partial charge in [0.15, 0.2) is 5.78 Å². The molecule has 0 amide bonds. The second kappa shape index (κ2) is 4.54. The van der Waals surface area contributed by atoms with Crippen LogP contribution in [0.3, 0.4) is 0 Å². The Labute approximate surface area is 76.2 Å². The SMILES string of the molecule is CCCC(=O)Cn1cccnc1=O. The van der Waals surface area contributed by atoms with Crippen LogP contribution in [0.1, 0.15) is 19.8 Å². The van der Waals surface area contributed by atoms with E-state index in [9.17, 15) is 9.59 Å². The quantitative estimate of drug-likeness (QED) is 0.682. The number of ketones is 1. The molecule has 0 atom stereocenters. The van der Waals surface area contributed by atoms with Crippen LogP contribution in [0.15, 0.2) is 23.3 Å². The van der Waals surface area contributed by atoms with Crippen molar-refractivity contribution in [2.45, 2.75) is 26.3 Å². The summed E-state index contributed by atoms with van der Waals surface area (Å²) in [6, 6.07) is 1.64. The monoisotopic (exact) mass is 180 g/mol. The van der Waals surface area contributed by atoms with Gasteiger partial charge in [-0.15, -0.1) is 0 Å². The first-order chi connectivity index (χ1) is 6.24. The first kappa shape index (κ1) is 9.64. The van der Waals surface area contributed by atoms with Crippen molar-refractivity contribution in [2.75, 3.05) is 0 Å². The molecule has 1 aromatic rings. The minimum absolute atomic E-state index is 0.0672. The Balaban J connectivity index is 2.69. The standard InChI is InChI=1S/C9H12N2O2/c1-2-4-8(12)7-11-6-3-5-10-9(11)13/h3,5-6H,2,4,7H2,1H3. The molecule has 70 valence electrons. The number of hydrogen-bond donors (Lipinski definition) is 0. The molecule has 0 aliphatic carbocycles. The van der Waals surface area contributed by atoms with Gasteiger partial charge in [0.25, 0.3) is 0 Å². The zero-order valence-electron chi connectivity index (χ0n) is 7.56. The Hall–Kier alpha value is -1.45. The van der Waals surface area contributed by atoms with Gasteiger partial charge in [0.05, 0.1) is 6.54 Å². The second-order valence-corrected chi connectivity index (χ2v) is 2.82. The van der Waals surface area contributed by atoms with E-state index in [2.05, 4.69) is 4.98 Å². The van der Waals surface area contributed by atoms with Gasteiger partial charge in [-0.1, -0.05) is 6.92 Å². The van der Waals surface area contributed by atoms with Crippen molar-refractivity contribution >= 4 is 5.78 Å². The third kappa shape index (κ3) is 2.82. The van der Waals surface area contributed by atoms with Crippen LogP contribution >= 0.6 is 0 Å². The number of aromatic nitrogens is 2. The molecule has 0 spiro atoms. The molecule has 0 unspecified atom stereocenters. The van der Waals surface area contributed by atoms with E-state index in [-0.39, 0.29) is 18.0 Å². The van der Waals surface area contributed by atoms with Gasteiger partial charge in [0.1, 0.15) is 0 Å². The Bertz CT molecular complexity index is 343. The molecule has 0 aromatic carbocycles. The van der Waals surface area contributed by atoms with Crippen LogP contribution in [0.25, 0.3) is 0 Å². The van der Waals surface area contributed by atoms with E-state index in [0.717, 1.165) is 6.42 Å². The van der Waals surface area contributed by atoms with E-state index in [1.54, 1.807) is 12.3 Å². The maximum atomic E-state index is 11.2. The summed E-state index contributed by atoms with van der Waals surface area (Å²) in [6.45, 7) is 2.07. The summed E-state index contributed by atoms with van der Waals surface area (Å²) in [7, 11) is 0. The molecule has 0 fully saturated rings. The minimum atomic E-state index is -0.369. The van der Waals surface area contributed by atoms with E-state index in [1.165, 1.54) is 10.8 Å². The molecular weight excluding hydrogens is 168 g/mol. The molecular formula is C9H12N2O2. The van der Waals surface area contributed by atoms with Gasteiger partial charge in [-0.2, -0.15) is 0 Å². The number of nitrogens with zero attached hydrogens (tertiary/aromatic N) is 2. The van der Waals surface area contributed by atoms with E-state index in [4.69, 9.17) is 0 Å². The van der Waals surface area contributed by atoms with Crippen molar-refractivity contribution in [3.8, 4) is 0 Å². The van der Waals surface area contributed by atoms with Gasteiger partial charge in [-0.25, -0.2) is 9.78 Å². The Kier molecular flexibility index (Phi) is 3.37.